The van der Waals surface area contributed by atoms with E-state index < -0.39 is 0 Å². The smallest absolute Gasteiger partial charge is 0.330 e. The normalized spacial score (nSPS) is 10.7. The minimum absolute atomic E-state index is 0.371. The highest BCUT2D eigenvalue weighted by atomic mass is 16.5. The largest absolute Gasteiger partial charge is 0.457 e. The number of hydrogen-bond donors (Lipinski definition) is 1. The van der Waals surface area contributed by atoms with Crippen LogP contribution in [0, 0.1) is 11.3 Å². The lowest BCUT2D eigenvalue weighted by molar-refractivity contribution is -0.896. The van der Waals surface area contributed by atoms with Gasteiger partial charge < -0.3 is 9.64 Å². The molecule has 0 aromatic heterocycles. The van der Waals surface area contributed by atoms with E-state index in [-0.39, 0.29) is 5.97 Å². The van der Waals surface area contributed by atoms with Crippen molar-refractivity contribution >= 4 is 12.0 Å². The summed E-state index contributed by atoms with van der Waals surface area (Å²) in [6.07, 6.45) is 2.99. The Morgan fingerprint density at radius 1 is 1.35 bits per heavy atom. The molecule has 0 heterocycles. The maximum Gasteiger partial charge on any atom is 0.330 e. The lowest BCUT2D eigenvalue weighted by Crippen LogP contribution is -3.11. The second-order valence-corrected chi connectivity index (χ2v) is 4.41. The second kappa shape index (κ2) is 8.89. The standard InChI is InChI=1S/C16H20N2O2/c1-3-18(4-2)11-12-20-16(19)10-9-14-7-5-6-8-15(14)13-17/h5-10H,3-4,11-12H2,1-2H3/p+1/b10-9+. The van der Waals surface area contributed by atoms with Gasteiger partial charge in [-0.3, -0.25) is 0 Å². The van der Waals surface area contributed by atoms with E-state index in [1.165, 1.54) is 11.0 Å². The van der Waals surface area contributed by atoms with E-state index in [2.05, 4.69) is 19.9 Å². The molecule has 0 aliphatic rings. The number of hydrogen-bond acceptors (Lipinski definition) is 3. The molecular formula is C16H21N2O2+. The van der Waals surface area contributed by atoms with Gasteiger partial charge in [-0.05, 0) is 31.6 Å². The summed E-state index contributed by atoms with van der Waals surface area (Å²) in [5.41, 5.74) is 1.27. The topological polar surface area (TPSA) is 54.5 Å². The molecule has 106 valence electrons. The van der Waals surface area contributed by atoms with Crippen LogP contribution in [0.5, 0.6) is 0 Å². The Morgan fingerprint density at radius 3 is 2.70 bits per heavy atom. The van der Waals surface area contributed by atoms with Crippen LogP contribution in [0.1, 0.15) is 25.0 Å². The molecule has 0 saturated carbocycles. The first kappa shape index (κ1) is 15.9. The van der Waals surface area contributed by atoms with Gasteiger partial charge in [0.1, 0.15) is 13.2 Å². The Balaban J connectivity index is 2.46. The van der Waals surface area contributed by atoms with Crippen molar-refractivity contribution in [2.45, 2.75) is 13.8 Å². The van der Waals surface area contributed by atoms with Crippen molar-refractivity contribution in [3.8, 4) is 6.07 Å². The van der Waals surface area contributed by atoms with Gasteiger partial charge in [-0.1, -0.05) is 18.2 Å². The van der Waals surface area contributed by atoms with Gasteiger partial charge in [0.25, 0.3) is 0 Å². The number of nitrogens with zero attached hydrogens (tertiary/aromatic N) is 1. The highest BCUT2D eigenvalue weighted by molar-refractivity contribution is 5.87. The molecule has 0 fully saturated rings. The van der Waals surface area contributed by atoms with E-state index in [9.17, 15) is 4.79 Å². The Hall–Kier alpha value is -2.12. The van der Waals surface area contributed by atoms with Crippen molar-refractivity contribution in [3.63, 3.8) is 0 Å². The average Bonchev–Trinajstić information content (AvgIpc) is 2.49. The van der Waals surface area contributed by atoms with Gasteiger partial charge >= 0.3 is 5.97 Å². The fourth-order valence-corrected chi connectivity index (χ4v) is 1.85. The van der Waals surface area contributed by atoms with E-state index in [0.29, 0.717) is 12.2 Å². The number of likely N-dealkylation sites (N-methyl/N-ethyl adjacent to an activating group) is 1. The van der Waals surface area contributed by atoms with Crippen molar-refractivity contribution in [1.29, 1.82) is 5.26 Å². The summed E-state index contributed by atoms with van der Waals surface area (Å²) < 4.78 is 5.14. The maximum atomic E-state index is 11.6. The molecule has 0 spiro atoms. The molecule has 0 saturated heterocycles. The molecule has 0 aliphatic heterocycles. The van der Waals surface area contributed by atoms with Crippen LogP contribution in [0.3, 0.4) is 0 Å². The highest BCUT2D eigenvalue weighted by Crippen LogP contribution is 2.09. The summed E-state index contributed by atoms with van der Waals surface area (Å²) in [6, 6.07) is 9.22. The summed E-state index contributed by atoms with van der Waals surface area (Å²) in [6.45, 7) is 7.51. The second-order valence-electron chi connectivity index (χ2n) is 4.41. The van der Waals surface area contributed by atoms with Gasteiger partial charge in [0.2, 0.25) is 0 Å². The van der Waals surface area contributed by atoms with E-state index >= 15 is 0 Å². The number of nitrogens with one attached hydrogen (secondary N) is 1. The zero-order chi connectivity index (χ0) is 14.8. The molecule has 0 atom stereocenters. The van der Waals surface area contributed by atoms with Gasteiger partial charge in [-0.25, -0.2) is 4.79 Å². The van der Waals surface area contributed by atoms with E-state index in [0.717, 1.165) is 25.2 Å². The zero-order valence-electron chi connectivity index (χ0n) is 12.1. The fourth-order valence-electron chi connectivity index (χ4n) is 1.85. The monoisotopic (exact) mass is 273 g/mol. The molecule has 0 amide bonds. The third-order valence-corrected chi connectivity index (χ3v) is 3.18. The van der Waals surface area contributed by atoms with Crippen molar-refractivity contribution in [1.82, 2.24) is 0 Å². The minimum atomic E-state index is -0.371. The van der Waals surface area contributed by atoms with Crippen LogP contribution in [0.15, 0.2) is 30.3 Å². The lowest BCUT2D eigenvalue weighted by Gasteiger charge is -2.14. The Morgan fingerprint density at radius 2 is 2.05 bits per heavy atom. The quantitative estimate of drug-likeness (QED) is 0.596. The number of nitriles is 1. The summed E-state index contributed by atoms with van der Waals surface area (Å²) in [4.78, 5) is 13.0. The molecular weight excluding hydrogens is 252 g/mol. The van der Waals surface area contributed by atoms with E-state index in [1.807, 2.05) is 6.07 Å². The van der Waals surface area contributed by atoms with Crippen LogP contribution in [0.25, 0.3) is 6.08 Å². The molecule has 0 bridgehead atoms. The molecule has 0 unspecified atom stereocenters. The lowest BCUT2D eigenvalue weighted by atomic mass is 10.1. The summed E-state index contributed by atoms with van der Waals surface area (Å²) in [5, 5.41) is 8.94. The Labute approximate surface area is 120 Å². The van der Waals surface area contributed by atoms with Gasteiger partial charge in [0, 0.05) is 6.08 Å². The van der Waals surface area contributed by atoms with Crippen LogP contribution in [0.4, 0.5) is 0 Å². The average molecular weight is 273 g/mol. The van der Waals surface area contributed by atoms with Crippen molar-refractivity contribution in [2.75, 3.05) is 26.2 Å². The van der Waals surface area contributed by atoms with Gasteiger partial charge in [-0.2, -0.15) is 5.26 Å². The molecule has 1 rings (SSSR count). The van der Waals surface area contributed by atoms with E-state index in [4.69, 9.17) is 10.00 Å². The first-order chi connectivity index (χ1) is 9.71. The van der Waals surface area contributed by atoms with Crippen molar-refractivity contribution < 1.29 is 14.4 Å². The van der Waals surface area contributed by atoms with Crippen LogP contribution in [0.2, 0.25) is 0 Å². The predicted molar refractivity (Wildman–Crippen MR) is 78.1 cm³/mol. The molecule has 4 nitrogen and oxygen atoms in total. The number of benzene rings is 1. The Bertz CT molecular complexity index is 499. The first-order valence-electron chi connectivity index (χ1n) is 6.88. The highest BCUT2D eigenvalue weighted by Gasteiger charge is 2.04. The summed E-state index contributed by atoms with van der Waals surface area (Å²) in [7, 11) is 0. The Kier molecular flexibility index (Phi) is 7.08. The number of carbonyl (C=O) groups is 1. The SMILES string of the molecule is CC[NH+](CC)CCOC(=O)/C=C/c1ccccc1C#N. The molecule has 20 heavy (non-hydrogen) atoms. The van der Waals surface area contributed by atoms with E-state index in [1.54, 1.807) is 24.3 Å². The van der Waals surface area contributed by atoms with Gasteiger partial charge in [0.15, 0.2) is 0 Å². The summed E-state index contributed by atoms with van der Waals surface area (Å²) >= 11 is 0. The zero-order valence-corrected chi connectivity index (χ0v) is 12.1. The maximum absolute atomic E-state index is 11.6. The number of carbonyl (C=O) groups excluding carboxylic acids is 1. The third-order valence-electron chi connectivity index (χ3n) is 3.18. The number of quaternary nitrogens is 1. The third kappa shape index (κ3) is 5.25. The van der Waals surface area contributed by atoms with Gasteiger partial charge in [-0.15, -0.1) is 0 Å². The van der Waals surface area contributed by atoms with Gasteiger partial charge in [0.05, 0.1) is 24.7 Å². The molecule has 1 aromatic rings. The van der Waals surface area contributed by atoms with Crippen LogP contribution >= 0.6 is 0 Å². The molecule has 0 aliphatic carbocycles. The molecule has 0 radical (unpaired) electrons. The fraction of sp³-hybridized carbons (Fsp3) is 0.375. The van der Waals surface area contributed by atoms with Crippen molar-refractivity contribution in [3.05, 3.63) is 41.5 Å². The molecule has 1 aromatic carbocycles. The van der Waals surface area contributed by atoms with Crippen LogP contribution in [-0.2, 0) is 9.53 Å². The molecule has 1 N–H and O–H groups in total. The number of rotatable bonds is 7. The van der Waals surface area contributed by atoms with Crippen molar-refractivity contribution in [2.24, 2.45) is 0 Å². The minimum Gasteiger partial charge on any atom is -0.457 e. The van der Waals surface area contributed by atoms with Crippen LogP contribution < -0.4 is 4.90 Å². The number of esters is 1. The van der Waals surface area contributed by atoms with Crippen LogP contribution in [-0.4, -0.2) is 32.2 Å². The molecule has 4 heteroatoms. The summed E-state index contributed by atoms with van der Waals surface area (Å²) in [5.74, 6) is -0.371. The number of ether oxygens (including phenoxy) is 1. The predicted octanol–water partition coefficient (Wildman–Crippen LogP) is 1.04. The first-order valence-corrected chi connectivity index (χ1v) is 6.88.